The van der Waals surface area contributed by atoms with Crippen molar-refractivity contribution in [3.05, 3.63) is 16.4 Å². The van der Waals surface area contributed by atoms with Crippen molar-refractivity contribution in [2.45, 2.75) is 51.0 Å². The van der Waals surface area contributed by atoms with Crippen LogP contribution in [-0.4, -0.2) is 46.8 Å². The van der Waals surface area contributed by atoms with Gasteiger partial charge in [0.1, 0.15) is 5.15 Å². The smallest absolute Gasteiger partial charge is 0.168 e. The number of ether oxygens (including phenoxy) is 2. The van der Waals surface area contributed by atoms with Crippen LogP contribution in [-0.2, 0) is 23.1 Å². The standard InChI is InChI=1S/C15H24ClN3O2/c1-11-13(14(16)19(3)17-11)10-18(2)12-4-6-15(7-5-12)20-8-9-21-15/h12H,4-10H2,1-3H3. The lowest BCUT2D eigenvalue weighted by molar-refractivity contribution is -0.183. The van der Waals surface area contributed by atoms with Crippen LogP contribution < -0.4 is 0 Å². The molecule has 0 radical (unpaired) electrons. The summed E-state index contributed by atoms with van der Waals surface area (Å²) in [5.74, 6) is -0.279. The van der Waals surface area contributed by atoms with Gasteiger partial charge in [-0.15, -0.1) is 0 Å². The summed E-state index contributed by atoms with van der Waals surface area (Å²) in [7, 11) is 4.06. The van der Waals surface area contributed by atoms with Gasteiger partial charge in [0.05, 0.1) is 18.9 Å². The van der Waals surface area contributed by atoms with Crippen LogP contribution in [0.1, 0.15) is 36.9 Å². The molecule has 2 aliphatic rings. The molecule has 6 heteroatoms. The number of rotatable bonds is 3. The number of hydrogen-bond donors (Lipinski definition) is 0. The molecule has 2 fully saturated rings. The summed E-state index contributed by atoms with van der Waals surface area (Å²) in [6.45, 7) is 4.35. The molecule has 1 aromatic heterocycles. The number of aryl methyl sites for hydroxylation is 2. The lowest BCUT2D eigenvalue weighted by Gasteiger charge is -2.39. The molecular weight excluding hydrogens is 290 g/mol. The van der Waals surface area contributed by atoms with Gasteiger partial charge in [0.2, 0.25) is 0 Å². The Hall–Kier alpha value is -0.620. The van der Waals surface area contributed by atoms with Crippen LogP contribution in [0.25, 0.3) is 0 Å². The Balaban J connectivity index is 1.60. The predicted molar refractivity (Wildman–Crippen MR) is 81.3 cm³/mol. The second kappa shape index (κ2) is 5.88. The fourth-order valence-electron chi connectivity index (χ4n) is 3.50. The first-order chi connectivity index (χ1) is 10.0. The molecule has 0 N–H and O–H groups in total. The lowest BCUT2D eigenvalue weighted by Crippen LogP contribution is -2.42. The van der Waals surface area contributed by atoms with Crippen molar-refractivity contribution in [2.24, 2.45) is 7.05 Å². The van der Waals surface area contributed by atoms with E-state index in [0.29, 0.717) is 6.04 Å². The maximum absolute atomic E-state index is 6.33. The number of halogens is 1. The van der Waals surface area contributed by atoms with Gasteiger partial charge in [0, 0.05) is 38.0 Å². The zero-order valence-corrected chi connectivity index (χ0v) is 13.8. The molecule has 5 nitrogen and oxygen atoms in total. The molecule has 21 heavy (non-hydrogen) atoms. The van der Waals surface area contributed by atoms with Gasteiger partial charge >= 0.3 is 0 Å². The average molecular weight is 314 g/mol. The molecule has 3 rings (SSSR count). The average Bonchev–Trinajstić information content (AvgIpc) is 3.00. The van der Waals surface area contributed by atoms with Crippen LogP contribution >= 0.6 is 11.6 Å². The largest absolute Gasteiger partial charge is 0.348 e. The predicted octanol–water partition coefficient (Wildman–Crippen LogP) is 2.50. The van der Waals surface area contributed by atoms with Crippen molar-refractivity contribution in [1.29, 1.82) is 0 Å². The first-order valence-corrected chi connectivity index (χ1v) is 8.05. The SMILES string of the molecule is Cc1nn(C)c(Cl)c1CN(C)C1CCC2(CC1)OCCO2. The van der Waals surface area contributed by atoms with Crippen molar-refractivity contribution in [3.63, 3.8) is 0 Å². The highest BCUT2D eigenvalue weighted by molar-refractivity contribution is 6.30. The molecule has 0 amide bonds. The van der Waals surface area contributed by atoms with Gasteiger partial charge in [0.25, 0.3) is 0 Å². The fourth-order valence-corrected chi connectivity index (χ4v) is 3.74. The summed E-state index contributed by atoms with van der Waals surface area (Å²) in [6, 6.07) is 0.555. The Kier molecular flexibility index (Phi) is 4.28. The number of hydrogen-bond acceptors (Lipinski definition) is 4. The Bertz CT molecular complexity index is 501. The Labute approximate surface area is 131 Å². The van der Waals surface area contributed by atoms with Crippen LogP contribution in [0, 0.1) is 6.92 Å². The van der Waals surface area contributed by atoms with Crippen molar-refractivity contribution < 1.29 is 9.47 Å². The molecule has 0 atom stereocenters. The van der Waals surface area contributed by atoms with Crippen LogP contribution in [0.5, 0.6) is 0 Å². The molecule has 1 aliphatic heterocycles. The zero-order valence-electron chi connectivity index (χ0n) is 13.1. The highest BCUT2D eigenvalue weighted by Gasteiger charge is 2.41. The van der Waals surface area contributed by atoms with Gasteiger partial charge < -0.3 is 9.47 Å². The molecule has 1 saturated heterocycles. The first-order valence-electron chi connectivity index (χ1n) is 7.67. The summed E-state index contributed by atoms with van der Waals surface area (Å²) in [4.78, 5) is 2.39. The summed E-state index contributed by atoms with van der Waals surface area (Å²) < 4.78 is 13.3. The van der Waals surface area contributed by atoms with E-state index in [9.17, 15) is 0 Å². The molecular formula is C15H24ClN3O2. The fraction of sp³-hybridized carbons (Fsp3) is 0.800. The second-order valence-corrected chi connectivity index (χ2v) is 6.59. The van der Waals surface area contributed by atoms with Crippen molar-refractivity contribution >= 4 is 11.6 Å². The third-order valence-electron chi connectivity index (χ3n) is 4.83. The zero-order chi connectivity index (χ0) is 15.0. The molecule has 0 unspecified atom stereocenters. The van der Waals surface area contributed by atoms with E-state index in [1.807, 2.05) is 14.0 Å². The van der Waals surface area contributed by atoms with E-state index in [1.165, 1.54) is 0 Å². The van der Waals surface area contributed by atoms with Crippen LogP contribution in [0.3, 0.4) is 0 Å². The summed E-state index contributed by atoms with van der Waals surface area (Å²) in [5.41, 5.74) is 2.15. The maximum atomic E-state index is 6.33. The molecule has 1 aliphatic carbocycles. The molecule has 118 valence electrons. The monoisotopic (exact) mass is 313 g/mol. The van der Waals surface area contributed by atoms with Gasteiger partial charge in [-0.1, -0.05) is 11.6 Å². The van der Waals surface area contributed by atoms with E-state index < -0.39 is 0 Å². The van der Waals surface area contributed by atoms with E-state index in [-0.39, 0.29) is 5.79 Å². The highest BCUT2D eigenvalue weighted by atomic mass is 35.5. The van der Waals surface area contributed by atoms with Crippen molar-refractivity contribution in [3.8, 4) is 0 Å². The normalized spacial score (nSPS) is 22.5. The summed E-state index contributed by atoms with van der Waals surface area (Å²) in [5, 5.41) is 5.13. The van der Waals surface area contributed by atoms with Gasteiger partial charge in [-0.3, -0.25) is 9.58 Å². The Morgan fingerprint density at radius 1 is 1.33 bits per heavy atom. The second-order valence-electron chi connectivity index (χ2n) is 6.23. The van der Waals surface area contributed by atoms with E-state index >= 15 is 0 Å². The number of nitrogens with zero attached hydrogens (tertiary/aromatic N) is 3. The minimum atomic E-state index is -0.279. The van der Waals surface area contributed by atoms with Crippen molar-refractivity contribution in [1.82, 2.24) is 14.7 Å². The highest BCUT2D eigenvalue weighted by Crippen LogP contribution is 2.37. The molecule has 1 spiro atoms. The third kappa shape index (κ3) is 2.97. The third-order valence-corrected chi connectivity index (χ3v) is 5.30. The molecule has 0 aromatic carbocycles. The van der Waals surface area contributed by atoms with Gasteiger partial charge in [-0.25, -0.2) is 0 Å². The Morgan fingerprint density at radius 3 is 2.48 bits per heavy atom. The lowest BCUT2D eigenvalue weighted by atomic mass is 9.89. The van der Waals surface area contributed by atoms with Crippen LogP contribution in [0.15, 0.2) is 0 Å². The van der Waals surface area contributed by atoms with Gasteiger partial charge in [-0.05, 0) is 26.8 Å². The van der Waals surface area contributed by atoms with Gasteiger partial charge in [0.15, 0.2) is 5.79 Å². The molecule has 0 bridgehead atoms. The summed E-state index contributed by atoms with van der Waals surface area (Å²) in [6.07, 6.45) is 4.18. The van der Waals surface area contributed by atoms with E-state index in [0.717, 1.165) is 61.9 Å². The first kappa shape index (κ1) is 15.3. The summed E-state index contributed by atoms with van der Waals surface area (Å²) >= 11 is 6.33. The molecule has 1 aromatic rings. The minimum Gasteiger partial charge on any atom is -0.348 e. The van der Waals surface area contributed by atoms with E-state index in [4.69, 9.17) is 21.1 Å². The van der Waals surface area contributed by atoms with Crippen LogP contribution in [0.2, 0.25) is 5.15 Å². The van der Waals surface area contributed by atoms with E-state index in [2.05, 4.69) is 17.0 Å². The van der Waals surface area contributed by atoms with Gasteiger partial charge in [-0.2, -0.15) is 5.10 Å². The van der Waals surface area contributed by atoms with E-state index in [1.54, 1.807) is 4.68 Å². The Morgan fingerprint density at radius 2 is 1.95 bits per heavy atom. The van der Waals surface area contributed by atoms with Crippen LogP contribution in [0.4, 0.5) is 0 Å². The topological polar surface area (TPSA) is 39.5 Å². The number of aromatic nitrogens is 2. The minimum absolute atomic E-state index is 0.279. The molecule has 2 heterocycles. The maximum Gasteiger partial charge on any atom is 0.168 e. The molecule has 1 saturated carbocycles. The quantitative estimate of drug-likeness (QED) is 0.859. The van der Waals surface area contributed by atoms with Crippen molar-refractivity contribution in [2.75, 3.05) is 20.3 Å².